The lowest BCUT2D eigenvalue weighted by Gasteiger charge is -2.17. The number of aromatic nitrogens is 2. The van der Waals surface area contributed by atoms with Crippen LogP contribution >= 0.6 is 0 Å². The molecule has 0 aliphatic heterocycles. The molecule has 3 aromatic carbocycles. The Morgan fingerprint density at radius 2 is 1.41 bits per heavy atom. The van der Waals surface area contributed by atoms with E-state index in [2.05, 4.69) is 11.4 Å². The minimum absolute atomic E-state index is 0.301. The van der Waals surface area contributed by atoms with Crippen molar-refractivity contribution in [3.8, 4) is 40.5 Å². The van der Waals surface area contributed by atoms with Gasteiger partial charge in [0.05, 0.1) is 35.0 Å². The number of nitrogens with one attached hydrogen (secondary N) is 1. The Morgan fingerprint density at radius 1 is 0.811 bits per heavy atom. The molecule has 0 unspecified atom stereocenters. The van der Waals surface area contributed by atoms with Gasteiger partial charge in [0.1, 0.15) is 40.7 Å². The first-order chi connectivity index (χ1) is 18.0. The molecule has 0 amide bonds. The molecular formula is C29H30N4O4. The maximum absolute atomic E-state index is 10.0. The highest BCUT2D eigenvalue weighted by Gasteiger charge is 2.21. The summed E-state index contributed by atoms with van der Waals surface area (Å²) in [7, 11) is 6.48. The van der Waals surface area contributed by atoms with Gasteiger partial charge in [-0.1, -0.05) is 29.8 Å². The molecule has 190 valence electrons. The van der Waals surface area contributed by atoms with Crippen molar-refractivity contribution in [2.75, 3.05) is 33.8 Å². The molecule has 8 nitrogen and oxygen atoms in total. The third kappa shape index (κ3) is 5.46. The summed E-state index contributed by atoms with van der Waals surface area (Å²) in [6.45, 7) is 2.88. The van der Waals surface area contributed by atoms with Gasteiger partial charge >= 0.3 is 0 Å². The molecule has 0 radical (unpaired) electrons. The number of hydrogen-bond donors (Lipinski definition) is 1. The zero-order chi connectivity index (χ0) is 26.4. The molecule has 8 heteroatoms. The standard InChI is InChI=1S/C29H30N4O4/c1-19-6-8-20(9-7-19)28-32-25(16-30)29(31-17-21-10-12-23(34-2)14-26(21)36-4)33(28)18-22-11-13-24(35-3)15-27(22)37-5/h6-15,31H,17-18H2,1-5H3. The van der Waals surface area contributed by atoms with Crippen molar-refractivity contribution in [1.82, 2.24) is 9.55 Å². The van der Waals surface area contributed by atoms with E-state index in [1.165, 1.54) is 0 Å². The van der Waals surface area contributed by atoms with Gasteiger partial charge in [0.25, 0.3) is 0 Å². The fourth-order valence-electron chi connectivity index (χ4n) is 4.12. The fraction of sp³-hybridized carbons (Fsp3) is 0.241. The van der Waals surface area contributed by atoms with E-state index >= 15 is 0 Å². The van der Waals surface area contributed by atoms with E-state index < -0.39 is 0 Å². The quantitative estimate of drug-likeness (QED) is 0.312. The van der Waals surface area contributed by atoms with E-state index in [9.17, 15) is 5.26 Å². The number of anilines is 1. The normalized spacial score (nSPS) is 10.5. The van der Waals surface area contributed by atoms with Crippen molar-refractivity contribution in [3.05, 3.63) is 83.0 Å². The molecule has 0 aliphatic rings. The van der Waals surface area contributed by atoms with Crippen LogP contribution < -0.4 is 24.3 Å². The molecule has 0 saturated heterocycles. The number of nitriles is 1. The van der Waals surface area contributed by atoms with Crippen LogP contribution in [-0.4, -0.2) is 38.0 Å². The molecule has 4 aromatic rings. The number of ether oxygens (including phenoxy) is 4. The van der Waals surface area contributed by atoms with Crippen LogP contribution in [-0.2, 0) is 13.1 Å². The number of methoxy groups -OCH3 is 4. The van der Waals surface area contributed by atoms with Crippen molar-refractivity contribution in [2.24, 2.45) is 0 Å². The average Bonchev–Trinajstić information content (AvgIpc) is 3.29. The van der Waals surface area contributed by atoms with Crippen LogP contribution in [0.2, 0.25) is 0 Å². The number of hydrogen-bond acceptors (Lipinski definition) is 7. The second-order valence-electron chi connectivity index (χ2n) is 8.41. The van der Waals surface area contributed by atoms with Gasteiger partial charge in [-0.25, -0.2) is 4.98 Å². The largest absolute Gasteiger partial charge is 0.497 e. The Labute approximate surface area is 217 Å². The Balaban J connectivity index is 1.79. The molecule has 0 saturated carbocycles. The summed E-state index contributed by atoms with van der Waals surface area (Å²) >= 11 is 0. The van der Waals surface area contributed by atoms with E-state index in [0.717, 1.165) is 22.3 Å². The van der Waals surface area contributed by atoms with Gasteiger partial charge in [0, 0.05) is 35.4 Å². The van der Waals surface area contributed by atoms with Gasteiger partial charge in [-0.15, -0.1) is 0 Å². The van der Waals surface area contributed by atoms with Gasteiger partial charge in [0.15, 0.2) is 5.69 Å². The van der Waals surface area contributed by atoms with Crippen LogP contribution in [0.15, 0.2) is 60.7 Å². The van der Waals surface area contributed by atoms with Crippen molar-refractivity contribution in [2.45, 2.75) is 20.0 Å². The maximum Gasteiger partial charge on any atom is 0.183 e. The summed E-state index contributed by atoms with van der Waals surface area (Å²) in [5.41, 5.74) is 4.19. The van der Waals surface area contributed by atoms with E-state index in [-0.39, 0.29) is 0 Å². The first-order valence-corrected chi connectivity index (χ1v) is 11.7. The van der Waals surface area contributed by atoms with Gasteiger partial charge in [-0.05, 0) is 31.2 Å². The van der Waals surface area contributed by atoms with Gasteiger partial charge in [0.2, 0.25) is 0 Å². The molecule has 0 atom stereocenters. The summed E-state index contributed by atoms with van der Waals surface area (Å²) in [5.74, 6) is 4.06. The Morgan fingerprint density at radius 3 is 1.97 bits per heavy atom. The van der Waals surface area contributed by atoms with Crippen molar-refractivity contribution < 1.29 is 18.9 Å². The third-order valence-corrected chi connectivity index (χ3v) is 6.15. The fourth-order valence-corrected chi connectivity index (χ4v) is 4.12. The SMILES string of the molecule is COc1ccc(CNc2c(C#N)nc(-c3ccc(C)cc3)n2Cc2ccc(OC)cc2OC)c(OC)c1. The number of rotatable bonds is 10. The van der Waals surface area contributed by atoms with E-state index in [1.807, 2.05) is 72.2 Å². The van der Waals surface area contributed by atoms with E-state index in [4.69, 9.17) is 23.9 Å². The molecule has 0 aliphatic carbocycles. The lowest BCUT2D eigenvalue weighted by Crippen LogP contribution is -2.11. The van der Waals surface area contributed by atoms with Crippen LogP contribution in [0, 0.1) is 18.3 Å². The van der Waals surface area contributed by atoms with Gasteiger partial charge in [-0.2, -0.15) is 5.26 Å². The Bertz CT molecular complexity index is 1420. The minimum atomic E-state index is 0.301. The summed E-state index contributed by atoms with van der Waals surface area (Å²) in [6, 6.07) is 21.7. The van der Waals surface area contributed by atoms with E-state index in [1.54, 1.807) is 28.4 Å². The Kier molecular flexibility index (Phi) is 7.84. The molecular weight excluding hydrogens is 468 g/mol. The summed E-state index contributed by atoms with van der Waals surface area (Å²) in [5, 5.41) is 13.4. The van der Waals surface area contributed by atoms with Crippen molar-refractivity contribution in [3.63, 3.8) is 0 Å². The minimum Gasteiger partial charge on any atom is -0.497 e. The smallest absolute Gasteiger partial charge is 0.183 e. The predicted octanol–water partition coefficient (Wildman–Crippen LogP) is 5.43. The molecule has 4 rings (SSSR count). The van der Waals surface area contributed by atoms with Crippen LogP contribution in [0.1, 0.15) is 22.4 Å². The summed E-state index contributed by atoms with van der Waals surface area (Å²) in [4.78, 5) is 4.72. The first kappa shape index (κ1) is 25.5. The topological polar surface area (TPSA) is 90.6 Å². The van der Waals surface area contributed by atoms with Crippen LogP contribution in [0.4, 0.5) is 5.82 Å². The van der Waals surface area contributed by atoms with Gasteiger partial charge in [-0.3, -0.25) is 0 Å². The highest BCUT2D eigenvalue weighted by Crippen LogP contribution is 2.32. The molecule has 1 heterocycles. The van der Waals surface area contributed by atoms with Crippen molar-refractivity contribution >= 4 is 5.82 Å². The number of aryl methyl sites for hydroxylation is 1. The molecule has 37 heavy (non-hydrogen) atoms. The second kappa shape index (κ2) is 11.4. The highest BCUT2D eigenvalue weighted by atomic mass is 16.5. The number of imidazole rings is 1. The highest BCUT2D eigenvalue weighted by molar-refractivity contribution is 5.65. The molecule has 1 N–H and O–H groups in total. The molecule has 0 bridgehead atoms. The van der Waals surface area contributed by atoms with E-state index in [0.29, 0.717) is 53.4 Å². The van der Waals surface area contributed by atoms with Crippen LogP contribution in [0.25, 0.3) is 11.4 Å². The zero-order valence-corrected chi connectivity index (χ0v) is 21.7. The lowest BCUT2D eigenvalue weighted by molar-refractivity contribution is 0.390. The second-order valence-corrected chi connectivity index (χ2v) is 8.41. The lowest BCUT2D eigenvalue weighted by atomic mass is 10.1. The summed E-state index contributed by atoms with van der Waals surface area (Å²) in [6.07, 6.45) is 0. The zero-order valence-electron chi connectivity index (χ0n) is 21.7. The Hall–Kier alpha value is -4.64. The molecule has 0 spiro atoms. The predicted molar refractivity (Wildman–Crippen MR) is 143 cm³/mol. The average molecular weight is 499 g/mol. The number of nitrogens with zero attached hydrogens (tertiary/aromatic N) is 3. The first-order valence-electron chi connectivity index (χ1n) is 11.7. The summed E-state index contributed by atoms with van der Waals surface area (Å²) < 4.78 is 23.9. The van der Waals surface area contributed by atoms with Gasteiger partial charge < -0.3 is 28.8 Å². The van der Waals surface area contributed by atoms with Crippen molar-refractivity contribution in [1.29, 1.82) is 5.26 Å². The molecule has 1 aromatic heterocycles. The maximum atomic E-state index is 10.0. The molecule has 0 fully saturated rings. The monoisotopic (exact) mass is 498 g/mol. The van der Waals surface area contributed by atoms with Crippen LogP contribution in [0.3, 0.4) is 0 Å². The number of benzene rings is 3. The third-order valence-electron chi connectivity index (χ3n) is 6.15. The van der Waals surface area contributed by atoms with Crippen LogP contribution in [0.5, 0.6) is 23.0 Å².